The zero-order valence-corrected chi connectivity index (χ0v) is 7.16. The van der Waals surface area contributed by atoms with Crippen molar-refractivity contribution in [1.29, 1.82) is 0 Å². The largest absolute Gasteiger partial charge is 0.441 e. The van der Waals surface area contributed by atoms with E-state index < -0.39 is 0 Å². The van der Waals surface area contributed by atoms with Gasteiger partial charge in [-0.25, -0.2) is 0 Å². The van der Waals surface area contributed by atoms with E-state index in [1.807, 2.05) is 16.7 Å². The number of nitrogens with one attached hydrogen (secondary N) is 2. The van der Waals surface area contributed by atoms with Crippen molar-refractivity contribution in [2.24, 2.45) is 0 Å². The lowest BCUT2D eigenvalue weighted by Crippen LogP contribution is -2.68. The van der Waals surface area contributed by atoms with E-state index in [9.17, 15) is 0 Å². The maximum absolute atomic E-state index is 3.74. The number of rotatable bonds is 3. The van der Waals surface area contributed by atoms with Gasteiger partial charge in [0.2, 0.25) is 0 Å². The second-order valence-corrected chi connectivity index (χ2v) is 2.62. The van der Waals surface area contributed by atoms with E-state index >= 15 is 0 Å². The Balaban J connectivity index is 2.58. The lowest BCUT2D eigenvalue weighted by Gasteiger charge is -2.33. The van der Waals surface area contributed by atoms with E-state index in [1.54, 1.807) is 6.20 Å². The Labute approximate surface area is 75.1 Å². The summed E-state index contributed by atoms with van der Waals surface area (Å²) >= 11 is 0. The Morgan fingerprint density at radius 1 is 1.25 bits per heavy atom. The zero-order valence-electron chi connectivity index (χ0n) is 7.16. The zero-order chi connectivity index (χ0) is 8.97. The van der Waals surface area contributed by atoms with Crippen LogP contribution in [0.15, 0.2) is 37.9 Å². The third-order valence-electron chi connectivity index (χ3n) is 1.89. The minimum absolute atomic E-state index is 0.145. The van der Waals surface area contributed by atoms with Crippen LogP contribution in [0, 0.1) is 0 Å². The van der Waals surface area contributed by atoms with Crippen molar-refractivity contribution in [1.82, 2.24) is 15.0 Å². The highest BCUT2D eigenvalue weighted by atomic mass is 15.1. The van der Waals surface area contributed by atoms with Gasteiger partial charge in [0.15, 0.2) is 0 Å². The maximum Gasteiger partial charge on any atom is 0.345 e. The fraction of sp³-hybridized carbons (Fsp3) is 0. The van der Waals surface area contributed by atoms with Crippen molar-refractivity contribution in [3.63, 3.8) is 0 Å². The first-order valence-corrected chi connectivity index (χ1v) is 3.94. The molecule has 1 aliphatic rings. The second kappa shape index (κ2) is 4.23. The molecular formula is C6H12B3N3. The molecule has 12 heavy (non-hydrogen) atoms. The van der Waals surface area contributed by atoms with E-state index in [2.05, 4.69) is 30.0 Å². The summed E-state index contributed by atoms with van der Waals surface area (Å²) in [6.45, 7) is 11.4. The third kappa shape index (κ3) is 1.84. The molecule has 0 aromatic heterocycles. The van der Waals surface area contributed by atoms with E-state index in [0.717, 1.165) is 7.55 Å². The number of nitrogens with zero attached hydrogens (tertiary/aromatic N) is 1. The van der Waals surface area contributed by atoms with E-state index in [0.29, 0.717) is 0 Å². The lowest BCUT2D eigenvalue weighted by molar-refractivity contribution is 0.865. The molecule has 0 aromatic rings. The van der Waals surface area contributed by atoms with Crippen LogP contribution >= 0.6 is 0 Å². The average molecular weight is 159 g/mol. The standard InChI is InChI=1S/C6H12B3N3/c1-4-8-10-7-12(6-3)9(5-2)11-8/h4-7,10-11H,1-3H2. The fourth-order valence-corrected chi connectivity index (χ4v) is 1.17. The average Bonchev–Trinajstić information content (AvgIpc) is 2.16. The summed E-state index contributed by atoms with van der Waals surface area (Å²) in [6, 6.07) is 0. The first-order chi connectivity index (χ1) is 5.81. The molecule has 1 heterocycles. The van der Waals surface area contributed by atoms with Crippen molar-refractivity contribution >= 4 is 21.5 Å². The minimum atomic E-state index is 0.145. The molecule has 0 bridgehead atoms. The first-order valence-electron chi connectivity index (χ1n) is 3.94. The van der Waals surface area contributed by atoms with Gasteiger partial charge in [0.25, 0.3) is 7.55 Å². The van der Waals surface area contributed by atoms with Crippen molar-refractivity contribution in [3.8, 4) is 0 Å². The van der Waals surface area contributed by atoms with Crippen LogP contribution in [0.3, 0.4) is 0 Å². The third-order valence-corrected chi connectivity index (χ3v) is 1.89. The summed E-state index contributed by atoms with van der Waals surface area (Å²) in [5, 5.41) is 6.47. The molecule has 0 aromatic carbocycles. The molecule has 0 unspecified atom stereocenters. The summed E-state index contributed by atoms with van der Waals surface area (Å²) in [4.78, 5) is 0. The van der Waals surface area contributed by atoms with Crippen molar-refractivity contribution in [2.45, 2.75) is 0 Å². The van der Waals surface area contributed by atoms with E-state index in [-0.39, 0.29) is 14.0 Å². The second-order valence-electron chi connectivity index (χ2n) is 2.62. The van der Waals surface area contributed by atoms with Crippen LogP contribution in [-0.2, 0) is 0 Å². The van der Waals surface area contributed by atoms with Crippen LogP contribution in [-0.4, -0.2) is 26.2 Å². The highest BCUT2D eigenvalue weighted by molar-refractivity contribution is 6.85. The summed E-state index contributed by atoms with van der Waals surface area (Å²) < 4.78 is 2.02. The van der Waals surface area contributed by atoms with Gasteiger partial charge >= 0.3 is 14.0 Å². The van der Waals surface area contributed by atoms with Gasteiger partial charge < -0.3 is 15.0 Å². The number of hydrogen-bond acceptors (Lipinski definition) is 3. The summed E-state index contributed by atoms with van der Waals surface area (Å²) in [5.41, 5.74) is 0. The Morgan fingerprint density at radius 2 is 2.00 bits per heavy atom. The normalized spacial score (nSPS) is 16.8. The molecule has 3 nitrogen and oxygen atoms in total. The van der Waals surface area contributed by atoms with E-state index in [1.165, 1.54) is 0 Å². The van der Waals surface area contributed by atoms with Gasteiger partial charge in [-0.3, -0.25) is 0 Å². The van der Waals surface area contributed by atoms with Gasteiger partial charge in [-0.1, -0.05) is 18.5 Å². The molecule has 1 aliphatic heterocycles. The summed E-state index contributed by atoms with van der Waals surface area (Å²) in [6.07, 6.45) is 1.78. The molecule has 0 spiro atoms. The van der Waals surface area contributed by atoms with Gasteiger partial charge in [0.1, 0.15) is 0 Å². The van der Waals surface area contributed by atoms with Crippen molar-refractivity contribution in [2.75, 3.05) is 0 Å². The lowest BCUT2D eigenvalue weighted by atomic mass is 9.55. The van der Waals surface area contributed by atoms with Crippen LogP contribution < -0.4 is 10.3 Å². The highest BCUT2D eigenvalue weighted by Crippen LogP contribution is 1.95. The van der Waals surface area contributed by atoms with Crippen LogP contribution in [0.4, 0.5) is 0 Å². The maximum atomic E-state index is 3.74. The molecule has 0 saturated carbocycles. The molecule has 60 valence electrons. The fourth-order valence-electron chi connectivity index (χ4n) is 1.17. The van der Waals surface area contributed by atoms with Crippen LogP contribution in [0.2, 0.25) is 0 Å². The SMILES string of the molecule is C=CB1NBN(C=C)B(C=C)N1. The van der Waals surface area contributed by atoms with Crippen LogP contribution in [0.1, 0.15) is 0 Å². The Hall–Kier alpha value is -0.865. The molecule has 0 atom stereocenters. The summed E-state index contributed by atoms with van der Waals surface area (Å²) in [5.74, 6) is 3.68. The number of hydrogen-bond donors (Lipinski definition) is 2. The van der Waals surface area contributed by atoms with Gasteiger partial charge in [-0.05, 0) is 6.20 Å². The summed E-state index contributed by atoms with van der Waals surface area (Å²) in [7, 11) is 0.768. The minimum Gasteiger partial charge on any atom is -0.441 e. The molecule has 0 radical (unpaired) electrons. The molecule has 1 rings (SSSR count). The smallest absolute Gasteiger partial charge is 0.345 e. The molecule has 2 N–H and O–H groups in total. The molecule has 1 saturated heterocycles. The first kappa shape index (κ1) is 9.22. The predicted octanol–water partition coefficient (Wildman–Crippen LogP) is -0.682. The molecule has 0 amide bonds. The van der Waals surface area contributed by atoms with Crippen LogP contribution in [0.25, 0.3) is 0 Å². The topological polar surface area (TPSA) is 27.3 Å². The Morgan fingerprint density at radius 3 is 2.50 bits per heavy atom. The quantitative estimate of drug-likeness (QED) is 0.533. The highest BCUT2D eigenvalue weighted by Gasteiger charge is 2.28. The molecule has 6 heteroatoms. The monoisotopic (exact) mass is 159 g/mol. The molecular weight excluding hydrogens is 147 g/mol. The van der Waals surface area contributed by atoms with Gasteiger partial charge in [0.05, 0.1) is 0 Å². The Bertz CT molecular complexity index is 196. The van der Waals surface area contributed by atoms with Crippen LogP contribution in [0.5, 0.6) is 0 Å². The van der Waals surface area contributed by atoms with Gasteiger partial charge in [-0.15, -0.1) is 13.2 Å². The molecule has 0 aliphatic carbocycles. The predicted molar refractivity (Wildman–Crippen MR) is 57.4 cm³/mol. The van der Waals surface area contributed by atoms with Gasteiger partial charge in [-0.2, -0.15) is 0 Å². The van der Waals surface area contributed by atoms with E-state index in [4.69, 9.17) is 0 Å². The van der Waals surface area contributed by atoms with Crippen molar-refractivity contribution in [3.05, 3.63) is 37.9 Å². The molecule has 1 fully saturated rings. The van der Waals surface area contributed by atoms with Crippen molar-refractivity contribution < 1.29 is 0 Å². The van der Waals surface area contributed by atoms with Gasteiger partial charge in [0, 0.05) is 0 Å². The Kier molecular flexibility index (Phi) is 3.25.